The maximum absolute atomic E-state index is 13.3. The second-order valence-corrected chi connectivity index (χ2v) is 16.0. The third-order valence-electron chi connectivity index (χ3n) is 11.0. The van der Waals surface area contributed by atoms with E-state index in [9.17, 15) is 30.0 Å². The van der Waals surface area contributed by atoms with Gasteiger partial charge in [0.05, 0.1) is 6.54 Å². The SMILES string of the molecule is CCCCCCCCCCCCCCCCCC(=O)OCCN(C[C@H]1OC(O)[C@H](O)[C@@H](O)[C@H]1O)C(=O)CCCCCCCCCCCCCCCCC. The number of ether oxygens (including phenoxy) is 2. The standard InChI is InChI=1S/C44H85NO8/c1-3-5-7-9-11-13-15-17-19-21-23-25-27-29-31-33-39(46)45(37-38-41(48)42(49)43(50)44(51)53-38)35-36-52-40(47)34-32-30-28-26-24-22-20-18-16-14-12-10-8-6-4-2/h38,41-44,48-51H,3-37H2,1-2H3/t38-,41+,42+,43-,44?/m1/s1. The van der Waals surface area contributed by atoms with Crippen LogP contribution in [0.4, 0.5) is 0 Å². The molecule has 0 aromatic carbocycles. The van der Waals surface area contributed by atoms with Crippen LogP contribution in [0.1, 0.15) is 219 Å². The Morgan fingerprint density at radius 3 is 1.25 bits per heavy atom. The van der Waals surface area contributed by atoms with Crippen molar-refractivity contribution < 1.29 is 39.5 Å². The van der Waals surface area contributed by atoms with Crippen LogP contribution >= 0.6 is 0 Å². The van der Waals surface area contributed by atoms with Gasteiger partial charge in [0.25, 0.3) is 0 Å². The first-order valence-electron chi connectivity index (χ1n) is 22.6. The van der Waals surface area contributed by atoms with Crippen molar-refractivity contribution in [3.63, 3.8) is 0 Å². The molecule has 53 heavy (non-hydrogen) atoms. The van der Waals surface area contributed by atoms with Gasteiger partial charge in [-0.05, 0) is 12.8 Å². The largest absolute Gasteiger partial charge is 0.464 e. The zero-order valence-corrected chi connectivity index (χ0v) is 34.5. The van der Waals surface area contributed by atoms with Crippen LogP contribution in [0.3, 0.4) is 0 Å². The van der Waals surface area contributed by atoms with Gasteiger partial charge >= 0.3 is 5.97 Å². The average molecular weight is 756 g/mol. The molecule has 0 aromatic rings. The number of aliphatic hydroxyl groups excluding tert-OH is 4. The molecule has 9 heteroatoms. The Bertz CT molecular complexity index is 844. The van der Waals surface area contributed by atoms with Gasteiger partial charge in [0.2, 0.25) is 5.91 Å². The normalized spacial score (nSPS) is 20.2. The molecule has 9 nitrogen and oxygen atoms in total. The molecule has 0 radical (unpaired) electrons. The van der Waals surface area contributed by atoms with Gasteiger partial charge in [0.1, 0.15) is 31.0 Å². The Kier molecular flexibility index (Phi) is 33.0. The Morgan fingerprint density at radius 1 is 0.491 bits per heavy atom. The molecule has 0 spiro atoms. The number of amides is 1. The number of rotatable bonds is 37. The van der Waals surface area contributed by atoms with Gasteiger partial charge in [-0.2, -0.15) is 0 Å². The molecule has 1 fully saturated rings. The number of carbonyl (C=O) groups excluding carboxylic acids is 2. The van der Waals surface area contributed by atoms with Crippen molar-refractivity contribution in [2.75, 3.05) is 19.7 Å². The van der Waals surface area contributed by atoms with E-state index in [0.717, 1.165) is 38.5 Å². The zero-order valence-electron chi connectivity index (χ0n) is 34.5. The minimum Gasteiger partial charge on any atom is -0.464 e. The van der Waals surface area contributed by atoms with Crippen LogP contribution in [-0.2, 0) is 19.1 Å². The lowest BCUT2D eigenvalue weighted by molar-refractivity contribution is -0.283. The number of unbranched alkanes of at least 4 members (excludes halogenated alkanes) is 28. The summed E-state index contributed by atoms with van der Waals surface area (Å²) < 4.78 is 10.8. The first-order chi connectivity index (χ1) is 25.8. The first-order valence-corrected chi connectivity index (χ1v) is 22.6. The fourth-order valence-electron chi connectivity index (χ4n) is 7.40. The monoisotopic (exact) mass is 756 g/mol. The second kappa shape index (κ2) is 35.2. The van der Waals surface area contributed by atoms with Gasteiger partial charge in [-0.3, -0.25) is 9.59 Å². The Hall–Kier alpha value is -1.26. The molecule has 314 valence electrons. The van der Waals surface area contributed by atoms with Crippen LogP contribution in [0, 0.1) is 0 Å². The minimum absolute atomic E-state index is 0.0265. The van der Waals surface area contributed by atoms with E-state index in [1.165, 1.54) is 159 Å². The zero-order chi connectivity index (χ0) is 38.8. The number of hydrogen-bond acceptors (Lipinski definition) is 8. The fourth-order valence-corrected chi connectivity index (χ4v) is 7.40. The smallest absolute Gasteiger partial charge is 0.305 e. The molecule has 4 N–H and O–H groups in total. The predicted molar refractivity (Wildman–Crippen MR) is 216 cm³/mol. The number of esters is 1. The molecular formula is C44H85NO8. The molecule has 5 atom stereocenters. The molecule has 1 heterocycles. The summed E-state index contributed by atoms with van der Waals surface area (Å²) in [6.45, 7) is 4.59. The van der Waals surface area contributed by atoms with E-state index in [2.05, 4.69) is 13.8 Å². The van der Waals surface area contributed by atoms with Gasteiger partial charge in [0, 0.05) is 19.4 Å². The van der Waals surface area contributed by atoms with Crippen molar-refractivity contribution in [3.8, 4) is 0 Å². The van der Waals surface area contributed by atoms with Gasteiger partial charge < -0.3 is 34.8 Å². The molecule has 1 amide bonds. The number of aliphatic hydroxyl groups is 4. The maximum Gasteiger partial charge on any atom is 0.305 e. The van der Waals surface area contributed by atoms with E-state index in [-0.39, 0.29) is 31.6 Å². The molecule has 1 rings (SSSR count). The van der Waals surface area contributed by atoms with Gasteiger partial charge in [-0.1, -0.05) is 194 Å². The van der Waals surface area contributed by atoms with Crippen LogP contribution in [0.2, 0.25) is 0 Å². The third kappa shape index (κ3) is 27.1. The van der Waals surface area contributed by atoms with Crippen LogP contribution in [0.25, 0.3) is 0 Å². The van der Waals surface area contributed by atoms with Gasteiger partial charge in [0.15, 0.2) is 6.29 Å². The molecule has 0 aromatic heterocycles. The summed E-state index contributed by atoms with van der Waals surface area (Å²) in [4.78, 5) is 27.2. The van der Waals surface area contributed by atoms with Gasteiger partial charge in [-0.25, -0.2) is 0 Å². The summed E-state index contributed by atoms with van der Waals surface area (Å²) in [5.41, 5.74) is 0. The molecule has 1 unspecified atom stereocenters. The summed E-state index contributed by atoms with van der Waals surface area (Å²) in [6.07, 6.45) is 30.8. The highest BCUT2D eigenvalue weighted by atomic mass is 16.6. The highest BCUT2D eigenvalue weighted by Crippen LogP contribution is 2.22. The molecule has 0 aliphatic carbocycles. The van der Waals surface area contributed by atoms with E-state index < -0.39 is 30.7 Å². The van der Waals surface area contributed by atoms with E-state index in [1.807, 2.05) is 0 Å². The Morgan fingerprint density at radius 2 is 0.849 bits per heavy atom. The van der Waals surface area contributed by atoms with E-state index >= 15 is 0 Å². The average Bonchev–Trinajstić information content (AvgIpc) is 3.15. The molecule has 1 aliphatic heterocycles. The van der Waals surface area contributed by atoms with Crippen LogP contribution in [0.5, 0.6) is 0 Å². The molecule has 1 aliphatic rings. The van der Waals surface area contributed by atoms with E-state index in [1.54, 1.807) is 0 Å². The van der Waals surface area contributed by atoms with Crippen LogP contribution in [0.15, 0.2) is 0 Å². The summed E-state index contributed by atoms with van der Waals surface area (Å²) in [7, 11) is 0. The highest BCUT2D eigenvalue weighted by Gasteiger charge is 2.43. The van der Waals surface area contributed by atoms with Gasteiger partial charge in [-0.15, -0.1) is 0 Å². The third-order valence-corrected chi connectivity index (χ3v) is 11.0. The van der Waals surface area contributed by atoms with E-state index in [4.69, 9.17) is 9.47 Å². The first kappa shape index (κ1) is 49.8. The van der Waals surface area contributed by atoms with Crippen molar-refractivity contribution >= 4 is 11.9 Å². The maximum atomic E-state index is 13.3. The summed E-state index contributed by atoms with van der Waals surface area (Å²) in [6, 6.07) is 0. The van der Waals surface area contributed by atoms with E-state index in [0.29, 0.717) is 12.8 Å². The topological polar surface area (TPSA) is 137 Å². The molecule has 0 bridgehead atoms. The molecule has 1 saturated heterocycles. The van der Waals surface area contributed by atoms with Crippen molar-refractivity contribution in [2.24, 2.45) is 0 Å². The fraction of sp³-hybridized carbons (Fsp3) is 0.955. The minimum atomic E-state index is -1.67. The summed E-state index contributed by atoms with van der Waals surface area (Å²) in [5, 5.41) is 40.5. The molecule has 0 saturated carbocycles. The Labute approximate surface area is 325 Å². The molecular weight excluding hydrogens is 670 g/mol. The summed E-state index contributed by atoms with van der Waals surface area (Å²) in [5.74, 6) is -0.429. The van der Waals surface area contributed by atoms with Crippen LogP contribution < -0.4 is 0 Å². The lowest BCUT2D eigenvalue weighted by atomic mass is 9.98. The van der Waals surface area contributed by atoms with Crippen molar-refractivity contribution in [2.45, 2.75) is 250 Å². The lowest BCUT2D eigenvalue weighted by Crippen LogP contribution is -2.60. The van der Waals surface area contributed by atoms with Crippen LogP contribution in [-0.4, -0.2) is 87.6 Å². The number of hydrogen-bond donors (Lipinski definition) is 4. The second-order valence-electron chi connectivity index (χ2n) is 16.0. The lowest BCUT2D eigenvalue weighted by Gasteiger charge is -2.40. The van der Waals surface area contributed by atoms with Crippen molar-refractivity contribution in [1.29, 1.82) is 0 Å². The number of carbonyl (C=O) groups is 2. The highest BCUT2D eigenvalue weighted by molar-refractivity contribution is 5.76. The quantitative estimate of drug-likeness (QED) is 0.0364. The number of nitrogens with zero attached hydrogens (tertiary/aromatic N) is 1. The summed E-state index contributed by atoms with van der Waals surface area (Å²) >= 11 is 0. The predicted octanol–water partition coefficient (Wildman–Crippen LogP) is 9.68. The van der Waals surface area contributed by atoms with Crippen molar-refractivity contribution in [3.05, 3.63) is 0 Å². The Balaban J connectivity index is 2.25. The van der Waals surface area contributed by atoms with Crippen molar-refractivity contribution in [1.82, 2.24) is 4.90 Å².